The van der Waals surface area contributed by atoms with E-state index < -0.39 is 15.2 Å². The first-order valence-corrected chi connectivity index (χ1v) is 9.96. The van der Waals surface area contributed by atoms with Gasteiger partial charge in [-0.15, -0.1) is 0 Å². The summed E-state index contributed by atoms with van der Waals surface area (Å²) in [7, 11) is -2.64. The summed E-state index contributed by atoms with van der Waals surface area (Å²) in [4.78, 5) is 0. The van der Waals surface area contributed by atoms with Gasteiger partial charge in [-0.1, -0.05) is 19.6 Å². The van der Waals surface area contributed by atoms with Gasteiger partial charge in [0.05, 0.1) is 16.3 Å². The molecular weight excluding hydrogens is 303 g/mol. The van der Waals surface area contributed by atoms with E-state index in [0.717, 1.165) is 6.04 Å². The maximum Gasteiger partial charge on any atom is 0.509 e. The molecule has 0 saturated carbocycles. The van der Waals surface area contributed by atoms with Crippen LogP contribution in [0.15, 0.2) is 10.7 Å². The molecule has 2 N–H and O–H groups in total. The van der Waals surface area contributed by atoms with E-state index in [1.807, 2.05) is 0 Å². The topological polar surface area (TPSA) is 67.5 Å². The molecule has 0 aromatic carbocycles. The predicted octanol–water partition coefficient (Wildman–Crippen LogP) is 0.638. The molecule has 0 saturated heterocycles. The van der Waals surface area contributed by atoms with Gasteiger partial charge in [0.1, 0.15) is 6.73 Å². The van der Waals surface area contributed by atoms with Crippen molar-refractivity contribution >= 4 is 36.7 Å². The van der Waals surface area contributed by atoms with Crippen molar-refractivity contribution in [2.75, 3.05) is 6.61 Å². The Labute approximate surface area is 111 Å². The highest BCUT2D eigenvalue weighted by Gasteiger charge is 2.21. The van der Waals surface area contributed by atoms with Gasteiger partial charge in [0.25, 0.3) is 0 Å². The van der Waals surface area contributed by atoms with Gasteiger partial charge in [-0.25, -0.2) is 4.68 Å². The lowest BCUT2D eigenvalue weighted by atomic mass is 9.86. The largest absolute Gasteiger partial charge is 0.509 e. The predicted molar refractivity (Wildman–Crippen MR) is 73.9 cm³/mol. The minimum Gasteiger partial charge on any atom is -0.422 e. The minimum absolute atomic E-state index is 0.239. The fraction of sp³-hybridized carbons (Fsp3) is 0.667. The van der Waals surface area contributed by atoms with Gasteiger partial charge in [-0.2, -0.15) is 5.10 Å². The lowest BCUT2D eigenvalue weighted by Gasteiger charge is -2.15. The van der Waals surface area contributed by atoms with Crippen molar-refractivity contribution in [3.8, 4) is 0 Å². The summed E-state index contributed by atoms with van der Waals surface area (Å²) in [5.74, 6) is 0. The zero-order valence-electron chi connectivity index (χ0n) is 10.4. The molecule has 0 amide bonds. The van der Waals surface area contributed by atoms with Crippen LogP contribution in [0.3, 0.4) is 0 Å². The van der Waals surface area contributed by atoms with Gasteiger partial charge >= 0.3 is 7.12 Å². The highest BCUT2D eigenvalue weighted by atomic mass is 79.9. The number of ether oxygens (including phenoxy) is 1. The Bertz CT molecular complexity index is 368. The van der Waals surface area contributed by atoms with Crippen LogP contribution in [0.4, 0.5) is 0 Å². The average Bonchev–Trinajstić information content (AvgIpc) is 2.53. The Morgan fingerprint density at radius 3 is 2.65 bits per heavy atom. The fourth-order valence-corrected chi connectivity index (χ4v) is 2.52. The number of aromatic nitrogens is 2. The molecule has 0 radical (unpaired) electrons. The van der Waals surface area contributed by atoms with Crippen molar-refractivity contribution < 1.29 is 14.8 Å². The lowest BCUT2D eigenvalue weighted by Crippen LogP contribution is -2.38. The summed E-state index contributed by atoms with van der Waals surface area (Å²) in [5, 5.41) is 22.4. The average molecular weight is 321 g/mol. The molecule has 0 bridgehead atoms. The number of rotatable bonds is 6. The van der Waals surface area contributed by atoms with Gasteiger partial charge in [-0.3, -0.25) is 0 Å². The third kappa shape index (κ3) is 4.92. The van der Waals surface area contributed by atoms with Crippen LogP contribution in [0.2, 0.25) is 25.7 Å². The van der Waals surface area contributed by atoms with Crippen molar-refractivity contribution in [1.82, 2.24) is 9.78 Å². The molecule has 96 valence electrons. The molecule has 0 atom stereocenters. The Morgan fingerprint density at radius 1 is 1.47 bits per heavy atom. The molecule has 8 heteroatoms. The van der Waals surface area contributed by atoms with Crippen molar-refractivity contribution in [1.29, 1.82) is 0 Å². The molecule has 0 spiro atoms. The second kappa shape index (κ2) is 6.15. The summed E-state index contributed by atoms with van der Waals surface area (Å²) >= 11 is 3.21. The molecule has 0 unspecified atom stereocenters. The van der Waals surface area contributed by atoms with Crippen molar-refractivity contribution in [2.45, 2.75) is 32.4 Å². The number of halogens is 1. The van der Waals surface area contributed by atoms with E-state index in [9.17, 15) is 10.0 Å². The van der Waals surface area contributed by atoms with Gasteiger partial charge in [-0.05, 0) is 22.0 Å². The normalized spacial score (nSPS) is 11.9. The third-order valence-corrected chi connectivity index (χ3v) is 4.60. The second-order valence-corrected chi connectivity index (χ2v) is 11.6. The van der Waals surface area contributed by atoms with E-state index in [4.69, 9.17) is 4.74 Å². The quantitative estimate of drug-likeness (QED) is 0.596. The highest BCUT2D eigenvalue weighted by Crippen LogP contribution is 2.08. The number of hydrogen-bond donors (Lipinski definition) is 2. The minimum atomic E-state index is -1.55. The van der Waals surface area contributed by atoms with E-state index >= 15 is 0 Å². The molecule has 0 fully saturated rings. The maximum atomic E-state index is 9.18. The van der Waals surface area contributed by atoms with Crippen molar-refractivity contribution in [3.63, 3.8) is 0 Å². The van der Waals surface area contributed by atoms with E-state index in [1.165, 1.54) is 10.9 Å². The summed E-state index contributed by atoms with van der Waals surface area (Å²) in [6, 6.07) is 1.08. The molecule has 1 heterocycles. The smallest absolute Gasteiger partial charge is 0.422 e. The van der Waals surface area contributed by atoms with Crippen LogP contribution < -0.4 is 5.59 Å². The molecule has 1 aromatic rings. The SMILES string of the molecule is C[Si](C)(C)CCOCn1ncc(Br)c1B(O)O. The molecule has 5 nitrogen and oxygen atoms in total. The van der Waals surface area contributed by atoms with Gasteiger partial charge in [0, 0.05) is 14.7 Å². The molecular formula is C9H18BBrN2O3Si. The van der Waals surface area contributed by atoms with Gasteiger partial charge < -0.3 is 14.8 Å². The van der Waals surface area contributed by atoms with Crippen LogP contribution in [0.25, 0.3) is 0 Å². The molecule has 0 aliphatic heterocycles. The Morgan fingerprint density at radius 2 is 2.12 bits per heavy atom. The van der Waals surface area contributed by atoms with Crippen LogP contribution in [0.1, 0.15) is 0 Å². The standard InChI is InChI=1S/C9H18BBrN2O3Si/c1-17(2,3)5-4-16-7-13-9(10(14)15)8(11)6-12-13/h6,14-15H,4-5,7H2,1-3H3. The monoisotopic (exact) mass is 320 g/mol. The Kier molecular flexibility index (Phi) is 5.39. The summed E-state index contributed by atoms with van der Waals surface area (Å²) in [5.41, 5.74) is 0.318. The van der Waals surface area contributed by atoms with Gasteiger partial charge in [0.2, 0.25) is 0 Å². The molecule has 0 aliphatic carbocycles. The first-order chi connectivity index (χ1) is 7.81. The molecule has 1 aromatic heterocycles. The summed E-state index contributed by atoms with van der Waals surface area (Å²) < 4.78 is 7.51. The number of hydrogen-bond acceptors (Lipinski definition) is 4. The third-order valence-electron chi connectivity index (χ3n) is 2.29. The summed E-state index contributed by atoms with van der Waals surface area (Å²) in [6.45, 7) is 7.76. The first kappa shape index (κ1) is 14.9. The zero-order chi connectivity index (χ0) is 13.1. The van der Waals surface area contributed by atoms with Crippen LogP contribution in [0, 0.1) is 0 Å². The first-order valence-electron chi connectivity index (χ1n) is 5.46. The lowest BCUT2D eigenvalue weighted by molar-refractivity contribution is 0.0801. The number of nitrogens with zero attached hydrogens (tertiary/aromatic N) is 2. The maximum absolute atomic E-state index is 9.18. The van der Waals surface area contributed by atoms with Crippen molar-refractivity contribution in [2.24, 2.45) is 0 Å². The fourth-order valence-electron chi connectivity index (χ4n) is 1.26. The van der Waals surface area contributed by atoms with E-state index in [2.05, 4.69) is 40.7 Å². The van der Waals surface area contributed by atoms with Crippen LogP contribution in [0.5, 0.6) is 0 Å². The molecule has 17 heavy (non-hydrogen) atoms. The Hall–Kier alpha value is -0.148. The Balaban J connectivity index is 2.47. The highest BCUT2D eigenvalue weighted by molar-refractivity contribution is 9.10. The van der Waals surface area contributed by atoms with E-state index in [-0.39, 0.29) is 6.73 Å². The van der Waals surface area contributed by atoms with Gasteiger partial charge in [0.15, 0.2) is 0 Å². The molecule has 1 rings (SSSR count). The molecule has 0 aliphatic rings. The zero-order valence-corrected chi connectivity index (χ0v) is 12.9. The van der Waals surface area contributed by atoms with Crippen LogP contribution in [-0.4, -0.2) is 41.6 Å². The van der Waals surface area contributed by atoms with E-state index in [0.29, 0.717) is 16.7 Å². The summed E-state index contributed by atoms with van der Waals surface area (Å²) in [6.07, 6.45) is 1.52. The van der Waals surface area contributed by atoms with Crippen molar-refractivity contribution in [3.05, 3.63) is 10.7 Å². The van der Waals surface area contributed by atoms with Crippen LogP contribution >= 0.6 is 15.9 Å². The second-order valence-electron chi connectivity index (χ2n) is 5.10. The van der Waals surface area contributed by atoms with Crippen LogP contribution in [-0.2, 0) is 11.5 Å². The van der Waals surface area contributed by atoms with E-state index in [1.54, 1.807) is 0 Å².